The van der Waals surface area contributed by atoms with Gasteiger partial charge < -0.3 is 20.2 Å². The van der Waals surface area contributed by atoms with Gasteiger partial charge in [-0.3, -0.25) is 9.78 Å². The van der Waals surface area contributed by atoms with Gasteiger partial charge in [0.2, 0.25) is 0 Å². The number of rotatable bonds is 4. The molecule has 20 heavy (non-hydrogen) atoms. The third-order valence-corrected chi connectivity index (χ3v) is 2.89. The average molecular weight is 277 g/mol. The topological polar surface area (TPSA) is 110 Å². The predicted octanol–water partition coefficient (Wildman–Crippen LogP) is 0.253. The molecular weight excluding hydrogens is 262 g/mol. The molecule has 0 saturated heterocycles. The summed E-state index contributed by atoms with van der Waals surface area (Å²) in [6.07, 6.45) is 1.70. The molecule has 0 unspecified atom stereocenters. The van der Waals surface area contributed by atoms with E-state index >= 15 is 0 Å². The molecule has 0 aliphatic carbocycles. The van der Waals surface area contributed by atoms with E-state index in [2.05, 4.69) is 9.97 Å². The Hall–Kier alpha value is -2.70. The molecule has 2 rings (SSSR count). The van der Waals surface area contributed by atoms with E-state index in [4.69, 9.17) is 15.2 Å². The highest BCUT2D eigenvalue weighted by molar-refractivity contribution is 5.64. The Morgan fingerprint density at radius 2 is 1.75 bits per heavy atom. The molecule has 1 aromatic carbocycles. The summed E-state index contributed by atoms with van der Waals surface area (Å²) in [5.41, 5.74) is 6.50. The van der Waals surface area contributed by atoms with Crippen molar-refractivity contribution >= 4 is 5.69 Å². The smallest absolute Gasteiger partial charge is 0.325 e. The van der Waals surface area contributed by atoms with Crippen LogP contribution in [0.2, 0.25) is 0 Å². The minimum atomic E-state index is -0.536. The predicted molar refractivity (Wildman–Crippen MR) is 74.4 cm³/mol. The fourth-order valence-corrected chi connectivity index (χ4v) is 1.88. The normalized spacial score (nSPS) is 10.3. The van der Waals surface area contributed by atoms with Gasteiger partial charge in [0, 0.05) is 18.2 Å². The van der Waals surface area contributed by atoms with Crippen LogP contribution in [0.1, 0.15) is 11.1 Å². The number of anilines is 1. The van der Waals surface area contributed by atoms with Crippen LogP contribution < -0.4 is 26.5 Å². The van der Waals surface area contributed by atoms with Crippen molar-refractivity contribution in [3.05, 3.63) is 50.3 Å². The highest BCUT2D eigenvalue weighted by Crippen LogP contribution is 2.33. The van der Waals surface area contributed by atoms with Gasteiger partial charge in [-0.05, 0) is 17.7 Å². The Morgan fingerprint density at radius 1 is 1.15 bits per heavy atom. The third-order valence-electron chi connectivity index (χ3n) is 2.89. The summed E-state index contributed by atoms with van der Waals surface area (Å²) in [5.74, 6) is 0.945. The first-order valence-corrected chi connectivity index (χ1v) is 5.86. The van der Waals surface area contributed by atoms with Gasteiger partial charge in [-0.15, -0.1) is 0 Å². The Kier molecular flexibility index (Phi) is 3.79. The number of nitrogens with two attached hydrogens (primary N) is 1. The molecule has 1 heterocycles. The van der Waals surface area contributed by atoms with Gasteiger partial charge in [0.25, 0.3) is 5.56 Å². The molecule has 0 bridgehead atoms. The van der Waals surface area contributed by atoms with E-state index < -0.39 is 11.2 Å². The van der Waals surface area contributed by atoms with E-state index in [1.54, 1.807) is 12.1 Å². The first-order chi connectivity index (χ1) is 9.55. The molecule has 0 radical (unpaired) electrons. The average Bonchev–Trinajstić information content (AvgIpc) is 2.43. The molecule has 0 fully saturated rings. The molecule has 7 heteroatoms. The van der Waals surface area contributed by atoms with Crippen molar-refractivity contribution in [2.45, 2.75) is 6.42 Å². The van der Waals surface area contributed by atoms with Gasteiger partial charge in [0.15, 0.2) is 0 Å². The maximum Gasteiger partial charge on any atom is 0.325 e. The summed E-state index contributed by atoms with van der Waals surface area (Å²) < 4.78 is 10.3. The number of nitrogens with one attached hydrogen (secondary N) is 2. The lowest BCUT2D eigenvalue weighted by atomic mass is 10.1. The molecule has 0 saturated carbocycles. The van der Waals surface area contributed by atoms with E-state index in [0.29, 0.717) is 29.2 Å². The molecule has 2 aromatic rings. The number of methoxy groups -OCH3 is 2. The zero-order valence-electron chi connectivity index (χ0n) is 11.1. The minimum absolute atomic E-state index is 0.319. The second kappa shape index (κ2) is 5.52. The molecule has 4 N–H and O–H groups in total. The number of hydrogen-bond donors (Lipinski definition) is 3. The zero-order valence-corrected chi connectivity index (χ0v) is 11.1. The third kappa shape index (κ3) is 2.66. The van der Waals surface area contributed by atoms with E-state index in [9.17, 15) is 9.59 Å². The van der Waals surface area contributed by atoms with Crippen LogP contribution in [0.25, 0.3) is 0 Å². The summed E-state index contributed by atoms with van der Waals surface area (Å²) in [4.78, 5) is 27.2. The maximum atomic E-state index is 11.7. The summed E-state index contributed by atoms with van der Waals surface area (Å²) in [6.45, 7) is 0. The van der Waals surface area contributed by atoms with Crippen LogP contribution >= 0.6 is 0 Å². The van der Waals surface area contributed by atoms with Crippen molar-refractivity contribution in [1.29, 1.82) is 0 Å². The Morgan fingerprint density at radius 3 is 2.25 bits per heavy atom. The van der Waals surface area contributed by atoms with Gasteiger partial charge in [0.1, 0.15) is 17.2 Å². The zero-order chi connectivity index (χ0) is 14.7. The summed E-state index contributed by atoms with van der Waals surface area (Å²) >= 11 is 0. The van der Waals surface area contributed by atoms with Crippen LogP contribution in [0.15, 0.2) is 27.9 Å². The lowest BCUT2D eigenvalue weighted by molar-refractivity contribution is 0.397. The maximum absolute atomic E-state index is 11.7. The van der Waals surface area contributed by atoms with E-state index in [1.165, 1.54) is 20.4 Å². The second-order valence-corrected chi connectivity index (χ2v) is 4.19. The molecule has 0 aliphatic rings. The van der Waals surface area contributed by atoms with Crippen LogP contribution in [0, 0.1) is 0 Å². The minimum Gasteiger partial charge on any atom is -0.494 e. The van der Waals surface area contributed by atoms with Crippen molar-refractivity contribution in [2.75, 3.05) is 20.0 Å². The number of nitrogen functional groups attached to an aromatic ring is 1. The molecule has 0 aliphatic heterocycles. The summed E-state index contributed by atoms with van der Waals surface area (Å²) in [5, 5.41) is 0. The Balaban J connectivity index is 2.43. The number of ether oxygens (including phenoxy) is 2. The van der Waals surface area contributed by atoms with Crippen LogP contribution in [0.5, 0.6) is 11.5 Å². The summed E-state index contributed by atoms with van der Waals surface area (Å²) in [6, 6.07) is 3.45. The van der Waals surface area contributed by atoms with Crippen molar-refractivity contribution in [3.63, 3.8) is 0 Å². The quantitative estimate of drug-likeness (QED) is 0.694. The first-order valence-electron chi connectivity index (χ1n) is 5.86. The van der Waals surface area contributed by atoms with Gasteiger partial charge in [-0.25, -0.2) is 4.79 Å². The van der Waals surface area contributed by atoms with E-state index in [-0.39, 0.29) is 0 Å². The lowest BCUT2D eigenvalue weighted by Gasteiger charge is -2.12. The van der Waals surface area contributed by atoms with Crippen molar-refractivity contribution in [2.24, 2.45) is 0 Å². The Labute approximate surface area is 114 Å². The standard InChI is InChI=1S/C13H15N3O4/c1-19-9-4-7(5-10(20-2)11(9)14)3-8-6-15-13(18)16-12(8)17/h4-6H,3,14H2,1-2H3,(H2,15,16,17,18). The Bertz CT molecular complexity index is 708. The molecule has 0 spiro atoms. The van der Waals surface area contributed by atoms with Gasteiger partial charge in [-0.1, -0.05) is 0 Å². The molecule has 1 aromatic heterocycles. The fraction of sp³-hybridized carbons (Fsp3) is 0.231. The molecule has 106 valence electrons. The first kappa shape index (κ1) is 13.7. The summed E-state index contributed by atoms with van der Waals surface area (Å²) in [7, 11) is 3.00. The van der Waals surface area contributed by atoms with Crippen molar-refractivity contribution < 1.29 is 9.47 Å². The van der Waals surface area contributed by atoms with Gasteiger partial charge >= 0.3 is 5.69 Å². The SMILES string of the molecule is COc1cc(Cc2c[nH]c(=O)[nH]c2=O)cc(OC)c1N. The number of hydrogen-bond acceptors (Lipinski definition) is 5. The number of benzene rings is 1. The van der Waals surface area contributed by atoms with Crippen LogP contribution in [0.4, 0.5) is 5.69 Å². The molecular formula is C13H15N3O4. The van der Waals surface area contributed by atoms with Gasteiger partial charge in [0.05, 0.1) is 14.2 Å². The largest absolute Gasteiger partial charge is 0.494 e. The van der Waals surface area contributed by atoms with E-state index in [0.717, 1.165) is 5.56 Å². The molecule has 0 atom stereocenters. The van der Waals surface area contributed by atoms with Crippen molar-refractivity contribution in [1.82, 2.24) is 9.97 Å². The van der Waals surface area contributed by atoms with E-state index in [1.807, 2.05) is 0 Å². The van der Waals surface area contributed by atoms with Crippen LogP contribution in [0.3, 0.4) is 0 Å². The number of H-pyrrole nitrogens is 2. The fourth-order valence-electron chi connectivity index (χ4n) is 1.88. The van der Waals surface area contributed by atoms with Crippen LogP contribution in [-0.2, 0) is 6.42 Å². The second-order valence-electron chi connectivity index (χ2n) is 4.19. The number of aromatic nitrogens is 2. The van der Waals surface area contributed by atoms with Gasteiger partial charge in [-0.2, -0.15) is 0 Å². The molecule has 0 amide bonds. The highest BCUT2D eigenvalue weighted by Gasteiger charge is 2.11. The molecule has 7 nitrogen and oxygen atoms in total. The highest BCUT2D eigenvalue weighted by atomic mass is 16.5. The van der Waals surface area contributed by atoms with Crippen LogP contribution in [-0.4, -0.2) is 24.2 Å². The lowest BCUT2D eigenvalue weighted by Crippen LogP contribution is -2.24. The number of aromatic amines is 2. The monoisotopic (exact) mass is 277 g/mol. The van der Waals surface area contributed by atoms with Crippen molar-refractivity contribution in [3.8, 4) is 11.5 Å².